The van der Waals surface area contributed by atoms with E-state index in [0.29, 0.717) is 12.2 Å². The molecular formula is C17H33N7O6S2. The van der Waals surface area contributed by atoms with Crippen molar-refractivity contribution in [3.8, 4) is 0 Å². The number of thiol groups is 1. The summed E-state index contributed by atoms with van der Waals surface area (Å²) in [5.41, 5.74) is 15.9. The average molecular weight is 496 g/mol. The first-order valence-corrected chi connectivity index (χ1v) is 11.8. The molecule has 4 atom stereocenters. The van der Waals surface area contributed by atoms with Gasteiger partial charge >= 0.3 is 5.97 Å². The van der Waals surface area contributed by atoms with Crippen molar-refractivity contribution in [2.45, 2.75) is 43.4 Å². The number of nitrogens with two attached hydrogens (primary N) is 3. The fourth-order valence-electron chi connectivity index (χ4n) is 2.37. The molecule has 3 amide bonds. The summed E-state index contributed by atoms with van der Waals surface area (Å²) in [6.45, 7) is -0.397. The van der Waals surface area contributed by atoms with Crippen molar-refractivity contribution in [2.75, 3.05) is 30.9 Å². The van der Waals surface area contributed by atoms with E-state index in [-0.39, 0.29) is 31.1 Å². The van der Waals surface area contributed by atoms with Crippen LogP contribution in [0.4, 0.5) is 0 Å². The fourth-order valence-corrected chi connectivity index (χ4v) is 3.09. The summed E-state index contributed by atoms with van der Waals surface area (Å²) in [7, 11) is 0. The molecule has 0 aliphatic carbocycles. The Morgan fingerprint density at radius 1 is 1.00 bits per heavy atom. The van der Waals surface area contributed by atoms with E-state index in [1.54, 1.807) is 0 Å². The SMILES string of the molecule is CSCCC(NC(=O)C(N)CO)C(=O)NC(CS)C(=O)NC(CCCN=C(N)N)C(=O)O. The Labute approximate surface area is 196 Å². The average Bonchev–Trinajstić information content (AvgIpc) is 2.75. The van der Waals surface area contributed by atoms with Crippen LogP contribution in [-0.4, -0.2) is 94.9 Å². The maximum absolute atomic E-state index is 12.7. The van der Waals surface area contributed by atoms with E-state index in [1.165, 1.54) is 11.8 Å². The van der Waals surface area contributed by atoms with E-state index in [9.17, 15) is 24.3 Å². The Balaban J connectivity index is 5.09. The Morgan fingerprint density at radius 2 is 1.56 bits per heavy atom. The third-order valence-corrected chi connectivity index (χ3v) is 5.16. The molecule has 0 radical (unpaired) electrons. The van der Waals surface area contributed by atoms with Gasteiger partial charge in [0.2, 0.25) is 17.7 Å². The number of nitrogens with zero attached hydrogens (tertiary/aromatic N) is 1. The summed E-state index contributed by atoms with van der Waals surface area (Å²) in [4.78, 5) is 52.3. The standard InChI is InChI=1S/C17H33N7O6S2/c1-32-6-4-10(22-13(26)9(18)7-25)14(27)24-12(8-31)15(28)23-11(16(29)30)3-2-5-21-17(19)20/h9-12,25,31H,2-8,18H2,1H3,(H,22,26)(H,23,28)(H,24,27)(H,29,30)(H4,19,20,21). The molecule has 0 aromatic heterocycles. The molecule has 13 nitrogen and oxygen atoms in total. The zero-order chi connectivity index (χ0) is 24.7. The van der Waals surface area contributed by atoms with Gasteiger partial charge in [-0.3, -0.25) is 19.4 Å². The molecule has 0 spiro atoms. The van der Waals surface area contributed by atoms with E-state index in [4.69, 9.17) is 22.3 Å². The van der Waals surface area contributed by atoms with Crippen LogP contribution in [0.5, 0.6) is 0 Å². The molecule has 0 aromatic carbocycles. The highest BCUT2D eigenvalue weighted by atomic mass is 32.2. The highest BCUT2D eigenvalue weighted by Crippen LogP contribution is 2.04. The van der Waals surface area contributed by atoms with E-state index in [1.807, 2.05) is 6.26 Å². The van der Waals surface area contributed by atoms with Crippen molar-refractivity contribution in [2.24, 2.45) is 22.2 Å². The number of carbonyl (C=O) groups excluding carboxylic acids is 3. The van der Waals surface area contributed by atoms with E-state index in [0.717, 1.165) is 0 Å². The Bertz CT molecular complexity index is 663. The number of hydrogen-bond donors (Lipinski definition) is 9. The molecule has 4 unspecified atom stereocenters. The van der Waals surface area contributed by atoms with E-state index < -0.39 is 54.5 Å². The lowest BCUT2D eigenvalue weighted by Crippen LogP contribution is -2.58. The molecule has 0 rings (SSSR count). The van der Waals surface area contributed by atoms with Crippen LogP contribution in [0.2, 0.25) is 0 Å². The van der Waals surface area contributed by atoms with Gasteiger partial charge in [0.05, 0.1) is 6.61 Å². The molecule has 32 heavy (non-hydrogen) atoms. The third-order valence-electron chi connectivity index (χ3n) is 4.15. The number of aliphatic hydroxyl groups is 1. The van der Waals surface area contributed by atoms with Gasteiger partial charge in [-0.15, -0.1) is 0 Å². The number of aliphatic hydroxyl groups excluding tert-OH is 1. The molecule has 0 bridgehead atoms. The summed E-state index contributed by atoms with van der Waals surface area (Å²) >= 11 is 5.50. The second-order valence-electron chi connectivity index (χ2n) is 6.72. The van der Waals surface area contributed by atoms with Crippen molar-refractivity contribution in [3.05, 3.63) is 0 Å². The van der Waals surface area contributed by atoms with Gasteiger partial charge < -0.3 is 43.4 Å². The van der Waals surface area contributed by atoms with E-state index in [2.05, 4.69) is 33.6 Å². The molecule has 0 heterocycles. The van der Waals surface area contributed by atoms with Crippen molar-refractivity contribution in [1.29, 1.82) is 0 Å². The van der Waals surface area contributed by atoms with Gasteiger partial charge in [-0.2, -0.15) is 24.4 Å². The highest BCUT2D eigenvalue weighted by molar-refractivity contribution is 7.98. The lowest BCUT2D eigenvalue weighted by atomic mass is 10.1. The van der Waals surface area contributed by atoms with Crippen LogP contribution in [0.3, 0.4) is 0 Å². The normalized spacial score (nSPS) is 14.4. The molecule has 184 valence electrons. The number of guanidine groups is 1. The van der Waals surface area contributed by atoms with Gasteiger partial charge in [0, 0.05) is 12.3 Å². The zero-order valence-corrected chi connectivity index (χ0v) is 19.5. The van der Waals surface area contributed by atoms with Crippen molar-refractivity contribution < 1.29 is 29.4 Å². The lowest BCUT2D eigenvalue weighted by molar-refractivity contribution is -0.142. The quantitative estimate of drug-likeness (QED) is 0.0445. The van der Waals surface area contributed by atoms with Gasteiger partial charge in [0.25, 0.3) is 0 Å². The summed E-state index contributed by atoms with van der Waals surface area (Å²) in [5, 5.41) is 25.6. The lowest BCUT2D eigenvalue weighted by Gasteiger charge is -2.24. The zero-order valence-electron chi connectivity index (χ0n) is 17.8. The topological polar surface area (TPSA) is 235 Å². The summed E-state index contributed by atoms with van der Waals surface area (Å²) in [6.07, 6.45) is 2.44. The molecule has 0 saturated carbocycles. The van der Waals surface area contributed by atoms with Gasteiger partial charge in [-0.1, -0.05) is 0 Å². The molecular weight excluding hydrogens is 462 g/mol. The number of thioether (sulfide) groups is 1. The van der Waals surface area contributed by atoms with Gasteiger partial charge in [0.1, 0.15) is 24.2 Å². The maximum atomic E-state index is 12.7. The number of nitrogens with one attached hydrogen (secondary N) is 3. The number of rotatable bonds is 16. The van der Waals surface area contributed by atoms with E-state index >= 15 is 0 Å². The third kappa shape index (κ3) is 12.0. The summed E-state index contributed by atoms with van der Waals surface area (Å²) in [5.74, 6) is -3.08. The molecule has 0 aliphatic rings. The van der Waals surface area contributed by atoms with Gasteiger partial charge in [-0.25, -0.2) is 4.79 Å². The first-order chi connectivity index (χ1) is 15.1. The van der Waals surface area contributed by atoms with Crippen LogP contribution in [0.15, 0.2) is 4.99 Å². The Hall–Kier alpha value is -2.23. The monoisotopic (exact) mass is 495 g/mol. The minimum absolute atomic E-state index is 0.0660. The maximum Gasteiger partial charge on any atom is 0.326 e. The molecule has 15 heteroatoms. The van der Waals surface area contributed by atoms with Crippen molar-refractivity contribution >= 4 is 54.0 Å². The second kappa shape index (κ2) is 16.4. The van der Waals surface area contributed by atoms with Crippen LogP contribution in [0.1, 0.15) is 19.3 Å². The molecule has 0 aromatic rings. The molecule has 0 aliphatic heterocycles. The van der Waals surface area contributed by atoms with Gasteiger partial charge in [0.15, 0.2) is 5.96 Å². The van der Waals surface area contributed by atoms with Crippen LogP contribution in [-0.2, 0) is 19.2 Å². The smallest absolute Gasteiger partial charge is 0.326 e. The number of aliphatic carboxylic acids is 1. The molecule has 0 fully saturated rings. The van der Waals surface area contributed by atoms with Gasteiger partial charge in [-0.05, 0) is 31.3 Å². The first-order valence-electron chi connectivity index (χ1n) is 9.72. The number of carboxylic acid groups (broad SMARTS) is 1. The number of carbonyl (C=O) groups is 4. The Kier molecular flexibility index (Phi) is 15.3. The summed E-state index contributed by atoms with van der Waals surface area (Å²) in [6, 6.07) is -4.56. The number of hydrogen-bond acceptors (Lipinski definition) is 9. The fraction of sp³-hybridized carbons (Fsp3) is 0.706. The minimum Gasteiger partial charge on any atom is -0.480 e. The first kappa shape index (κ1) is 29.8. The van der Waals surface area contributed by atoms with Crippen molar-refractivity contribution in [3.63, 3.8) is 0 Å². The number of aliphatic imine (C=N–C) groups is 1. The number of carboxylic acids is 1. The summed E-state index contributed by atoms with van der Waals surface area (Å²) < 4.78 is 0. The van der Waals surface area contributed by atoms with Crippen LogP contribution >= 0.6 is 24.4 Å². The molecule has 11 N–H and O–H groups in total. The predicted octanol–water partition coefficient (Wildman–Crippen LogP) is -3.42. The second-order valence-corrected chi connectivity index (χ2v) is 8.07. The highest BCUT2D eigenvalue weighted by Gasteiger charge is 2.29. The van der Waals surface area contributed by atoms with Crippen molar-refractivity contribution in [1.82, 2.24) is 16.0 Å². The predicted molar refractivity (Wildman–Crippen MR) is 125 cm³/mol. The number of amides is 3. The van der Waals surface area contributed by atoms with Crippen LogP contribution in [0, 0.1) is 0 Å². The molecule has 0 saturated heterocycles. The Morgan fingerprint density at radius 3 is 2.06 bits per heavy atom. The largest absolute Gasteiger partial charge is 0.480 e. The van der Waals surface area contributed by atoms with Crippen LogP contribution in [0.25, 0.3) is 0 Å². The van der Waals surface area contributed by atoms with Crippen LogP contribution < -0.4 is 33.2 Å². The minimum atomic E-state index is -1.25.